The zero-order valence-corrected chi connectivity index (χ0v) is 20.4. The van der Waals surface area contributed by atoms with Gasteiger partial charge in [-0.2, -0.15) is 0 Å². The normalized spacial score (nSPS) is 11.6. The number of aliphatic imine (C=N–C) groups is 1. The highest BCUT2D eigenvalue weighted by atomic mass is 127. The van der Waals surface area contributed by atoms with Crippen LogP contribution in [0.4, 0.5) is 0 Å². The van der Waals surface area contributed by atoms with Crippen LogP contribution in [0.3, 0.4) is 0 Å². The predicted molar refractivity (Wildman–Crippen MR) is 129 cm³/mol. The van der Waals surface area contributed by atoms with Crippen LogP contribution in [0.25, 0.3) is 0 Å². The lowest BCUT2D eigenvalue weighted by atomic mass is 10.2. The van der Waals surface area contributed by atoms with Crippen LogP contribution in [0.15, 0.2) is 52.5 Å². The predicted octanol–water partition coefficient (Wildman–Crippen LogP) is 2.74. The molecule has 29 heavy (non-hydrogen) atoms. The Balaban J connectivity index is 0.00000420. The molecule has 0 bridgehead atoms. The first-order chi connectivity index (χ1) is 13.4. The number of benzene rings is 1. The van der Waals surface area contributed by atoms with E-state index in [9.17, 15) is 8.42 Å². The van der Waals surface area contributed by atoms with Gasteiger partial charge in [-0.3, -0.25) is 4.99 Å². The molecule has 10 heteroatoms. The number of sulfonamides is 1. The molecule has 1 aromatic carbocycles. The van der Waals surface area contributed by atoms with Gasteiger partial charge in [0, 0.05) is 25.8 Å². The zero-order valence-electron chi connectivity index (χ0n) is 16.5. The summed E-state index contributed by atoms with van der Waals surface area (Å²) in [5.41, 5.74) is 2.08. The van der Waals surface area contributed by atoms with Crippen LogP contribution < -0.4 is 15.4 Å². The number of aromatic nitrogens is 1. The van der Waals surface area contributed by atoms with E-state index >= 15 is 0 Å². The van der Waals surface area contributed by atoms with Crippen molar-refractivity contribution in [1.82, 2.24) is 20.3 Å². The van der Waals surface area contributed by atoms with Gasteiger partial charge in [-0.05, 0) is 44.0 Å². The molecule has 0 aliphatic rings. The molecule has 0 saturated heterocycles. The summed E-state index contributed by atoms with van der Waals surface area (Å²) in [6.07, 6.45) is 2.52. The van der Waals surface area contributed by atoms with Gasteiger partial charge >= 0.3 is 0 Å². The Morgan fingerprint density at radius 1 is 1.10 bits per heavy atom. The van der Waals surface area contributed by atoms with Crippen LogP contribution in [0.5, 0.6) is 0 Å². The number of aryl methyl sites for hydroxylation is 1. The van der Waals surface area contributed by atoms with Crippen LogP contribution in [0.2, 0.25) is 5.15 Å². The molecule has 0 aliphatic heterocycles. The third-order valence-electron chi connectivity index (χ3n) is 3.84. The van der Waals surface area contributed by atoms with Crippen molar-refractivity contribution in [3.8, 4) is 0 Å². The average Bonchev–Trinajstić information content (AvgIpc) is 2.67. The molecule has 0 fully saturated rings. The minimum absolute atomic E-state index is 0. The van der Waals surface area contributed by atoms with Crippen LogP contribution in [0, 0.1) is 6.92 Å². The molecular weight excluding hydrogens is 525 g/mol. The minimum Gasteiger partial charge on any atom is -0.357 e. The van der Waals surface area contributed by atoms with Gasteiger partial charge in [0.15, 0.2) is 5.96 Å². The molecule has 0 radical (unpaired) electrons. The first kappa shape index (κ1) is 25.6. The van der Waals surface area contributed by atoms with Crippen molar-refractivity contribution in [2.24, 2.45) is 4.99 Å². The Bertz CT molecular complexity index is 874. The molecule has 160 valence electrons. The lowest BCUT2D eigenvalue weighted by molar-refractivity contribution is 0.582. The molecule has 2 aromatic rings. The summed E-state index contributed by atoms with van der Waals surface area (Å²) in [5.74, 6) is 0.638. The number of rotatable bonds is 9. The molecule has 3 N–H and O–H groups in total. The molecule has 0 aliphatic carbocycles. The quantitative estimate of drug-likeness (QED) is 0.146. The topological polar surface area (TPSA) is 95.5 Å². The fourth-order valence-corrected chi connectivity index (χ4v) is 3.50. The van der Waals surface area contributed by atoms with Crippen LogP contribution >= 0.6 is 35.6 Å². The molecule has 0 atom stereocenters. The highest BCUT2D eigenvalue weighted by Crippen LogP contribution is 2.09. The van der Waals surface area contributed by atoms with Crippen molar-refractivity contribution >= 4 is 51.6 Å². The Morgan fingerprint density at radius 3 is 2.45 bits per heavy atom. The lowest BCUT2D eigenvalue weighted by Crippen LogP contribution is -2.39. The fraction of sp³-hybridized carbons (Fsp3) is 0.368. The Hall–Kier alpha value is -1.43. The molecule has 1 aromatic heterocycles. The van der Waals surface area contributed by atoms with Crippen molar-refractivity contribution in [2.45, 2.75) is 25.2 Å². The second-order valence-corrected chi connectivity index (χ2v) is 8.29. The Labute approximate surface area is 194 Å². The first-order valence-corrected chi connectivity index (χ1v) is 11.0. The third-order valence-corrected chi connectivity index (χ3v) is 5.54. The number of nitrogens with zero attached hydrogens (tertiary/aromatic N) is 2. The van der Waals surface area contributed by atoms with Crippen molar-refractivity contribution in [3.05, 3.63) is 58.9 Å². The molecule has 0 saturated carbocycles. The monoisotopic (exact) mass is 551 g/mol. The summed E-state index contributed by atoms with van der Waals surface area (Å²) in [4.78, 5) is 8.71. The van der Waals surface area contributed by atoms with E-state index in [1.165, 1.54) is 0 Å². The number of hydrogen-bond donors (Lipinski definition) is 3. The molecule has 1 heterocycles. The summed E-state index contributed by atoms with van der Waals surface area (Å²) in [6.45, 7) is 5.81. The third kappa shape index (κ3) is 9.28. The summed E-state index contributed by atoms with van der Waals surface area (Å²) in [5, 5.41) is 6.83. The van der Waals surface area contributed by atoms with Gasteiger partial charge in [-0.25, -0.2) is 18.1 Å². The van der Waals surface area contributed by atoms with Gasteiger partial charge < -0.3 is 10.6 Å². The van der Waals surface area contributed by atoms with Crippen molar-refractivity contribution in [3.63, 3.8) is 0 Å². The molecule has 0 spiro atoms. The molecule has 7 nitrogen and oxygen atoms in total. The fourth-order valence-electron chi connectivity index (χ4n) is 2.37. The standard InChI is InChI=1S/C19H26ClN5O2S.HI/c1-3-21-19(22-11-10-16-6-9-18(20)24-14-16)23-12-13-25-28(26,27)17-7-4-15(2)5-8-17;/h4-9,14,25H,3,10-13H2,1-2H3,(H2,21,22,23);1H. The van der Waals surface area contributed by atoms with Gasteiger partial charge in [0.2, 0.25) is 10.0 Å². The summed E-state index contributed by atoms with van der Waals surface area (Å²) in [7, 11) is -3.52. The van der Waals surface area contributed by atoms with Crippen molar-refractivity contribution < 1.29 is 8.42 Å². The second-order valence-electron chi connectivity index (χ2n) is 6.14. The van der Waals surface area contributed by atoms with Gasteiger partial charge in [0.1, 0.15) is 5.15 Å². The van der Waals surface area contributed by atoms with Crippen LogP contribution in [-0.4, -0.2) is 45.5 Å². The number of pyridine rings is 1. The maximum absolute atomic E-state index is 12.3. The highest BCUT2D eigenvalue weighted by molar-refractivity contribution is 14.0. The van der Waals surface area contributed by atoms with Gasteiger partial charge in [0.25, 0.3) is 0 Å². The van der Waals surface area contributed by atoms with Crippen molar-refractivity contribution in [2.75, 3.05) is 26.2 Å². The summed E-state index contributed by atoms with van der Waals surface area (Å²) < 4.78 is 27.1. The summed E-state index contributed by atoms with van der Waals surface area (Å²) in [6, 6.07) is 10.4. The van der Waals surface area contributed by atoms with E-state index in [1.54, 1.807) is 36.5 Å². The van der Waals surface area contributed by atoms with E-state index in [2.05, 4.69) is 25.3 Å². The van der Waals surface area contributed by atoms with Gasteiger partial charge in [-0.15, -0.1) is 24.0 Å². The van der Waals surface area contributed by atoms with Crippen LogP contribution in [0.1, 0.15) is 18.1 Å². The van der Waals surface area contributed by atoms with Gasteiger partial charge in [0.05, 0.1) is 11.4 Å². The van der Waals surface area contributed by atoms with Crippen molar-refractivity contribution in [1.29, 1.82) is 0 Å². The van der Waals surface area contributed by atoms with Crippen LogP contribution in [-0.2, 0) is 16.4 Å². The van der Waals surface area contributed by atoms with E-state index in [4.69, 9.17) is 11.6 Å². The molecular formula is C19H27ClIN5O2S. The van der Waals surface area contributed by atoms with Gasteiger partial charge in [-0.1, -0.05) is 35.4 Å². The largest absolute Gasteiger partial charge is 0.357 e. The van der Waals surface area contributed by atoms with E-state index in [1.807, 2.05) is 19.9 Å². The summed E-state index contributed by atoms with van der Waals surface area (Å²) >= 11 is 5.78. The SMILES string of the molecule is CCNC(=NCCNS(=O)(=O)c1ccc(C)cc1)NCCc1ccc(Cl)nc1.I. The minimum atomic E-state index is -3.52. The Kier molecular flexibility index (Phi) is 11.5. The molecule has 0 amide bonds. The maximum Gasteiger partial charge on any atom is 0.240 e. The maximum atomic E-state index is 12.3. The Morgan fingerprint density at radius 2 is 1.83 bits per heavy atom. The zero-order chi connectivity index (χ0) is 20.4. The van der Waals surface area contributed by atoms with E-state index in [0.29, 0.717) is 30.7 Å². The smallest absolute Gasteiger partial charge is 0.240 e. The molecule has 2 rings (SSSR count). The number of guanidine groups is 1. The lowest BCUT2D eigenvalue weighted by Gasteiger charge is -2.11. The second kappa shape index (κ2) is 13.0. The van der Waals surface area contributed by atoms with E-state index in [0.717, 1.165) is 17.5 Å². The number of hydrogen-bond acceptors (Lipinski definition) is 4. The average molecular weight is 552 g/mol. The number of halogens is 2. The number of nitrogens with one attached hydrogen (secondary N) is 3. The van der Waals surface area contributed by atoms with E-state index < -0.39 is 10.0 Å². The van der Waals surface area contributed by atoms with E-state index in [-0.39, 0.29) is 35.4 Å². The first-order valence-electron chi connectivity index (χ1n) is 9.09. The highest BCUT2D eigenvalue weighted by Gasteiger charge is 2.12. The molecule has 0 unspecified atom stereocenters.